The third kappa shape index (κ3) is 5.62. The molecule has 31 heavy (non-hydrogen) atoms. The molecule has 2 aromatic heterocycles. The number of H-pyrrole nitrogens is 1. The molecule has 0 unspecified atom stereocenters. The zero-order chi connectivity index (χ0) is 21.5. The number of fused-ring (bicyclic) bond motifs is 1. The standard InChI is InChI=1S/C28H33N3/c1-21-17-22(2)19-24(18-21)28-26(25-11-5-6-12-27(25)31-28)13-16-29-14-7-3-4-9-23-10-8-15-30-20-23/h5-6,8,10-12,15,17-20,29,31H,3-4,7,9,13-14,16H2,1-2H3. The van der Waals surface area contributed by atoms with Crippen LogP contribution in [-0.2, 0) is 12.8 Å². The second-order valence-electron chi connectivity index (χ2n) is 8.57. The minimum absolute atomic E-state index is 1.00. The van der Waals surface area contributed by atoms with Gasteiger partial charge in [0.05, 0.1) is 0 Å². The fourth-order valence-electron chi connectivity index (χ4n) is 4.47. The maximum atomic E-state index is 4.19. The van der Waals surface area contributed by atoms with Crippen molar-refractivity contribution in [2.75, 3.05) is 13.1 Å². The first-order chi connectivity index (χ1) is 15.2. The zero-order valence-electron chi connectivity index (χ0n) is 18.7. The van der Waals surface area contributed by atoms with E-state index in [9.17, 15) is 0 Å². The Hall–Kier alpha value is -2.91. The smallest absolute Gasteiger partial charge is 0.0498 e. The fraction of sp³-hybridized carbons (Fsp3) is 0.321. The Morgan fingerprint density at radius 3 is 2.48 bits per heavy atom. The summed E-state index contributed by atoms with van der Waals surface area (Å²) in [4.78, 5) is 7.88. The van der Waals surface area contributed by atoms with Crippen molar-refractivity contribution in [3.8, 4) is 11.3 Å². The van der Waals surface area contributed by atoms with Gasteiger partial charge in [-0.1, -0.05) is 47.9 Å². The van der Waals surface area contributed by atoms with Crippen LogP contribution in [0.5, 0.6) is 0 Å². The molecule has 0 bridgehead atoms. The molecule has 0 amide bonds. The number of benzene rings is 2. The molecule has 2 aromatic carbocycles. The lowest BCUT2D eigenvalue weighted by molar-refractivity contribution is 0.603. The Morgan fingerprint density at radius 1 is 0.839 bits per heavy atom. The number of nitrogens with one attached hydrogen (secondary N) is 2. The summed E-state index contributed by atoms with van der Waals surface area (Å²) in [5.74, 6) is 0. The Labute approximate surface area is 185 Å². The number of para-hydroxylation sites is 1. The molecule has 0 saturated carbocycles. The molecule has 0 aliphatic rings. The summed E-state index contributed by atoms with van der Waals surface area (Å²) in [6.07, 6.45) is 9.68. The van der Waals surface area contributed by atoms with Crippen LogP contribution in [0.25, 0.3) is 22.2 Å². The molecule has 4 rings (SSSR count). The normalized spacial score (nSPS) is 11.3. The predicted octanol–water partition coefficient (Wildman–Crippen LogP) is 6.39. The van der Waals surface area contributed by atoms with E-state index in [-0.39, 0.29) is 0 Å². The van der Waals surface area contributed by atoms with Gasteiger partial charge in [0, 0.05) is 29.0 Å². The van der Waals surface area contributed by atoms with E-state index in [4.69, 9.17) is 0 Å². The van der Waals surface area contributed by atoms with E-state index in [0.717, 1.165) is 25.9 Å². The average Bonchev–Trinajstić information content (AvgIpc) is 3.14. The van der Waals surface area contributed by atoms with Gasteiger partial charge < -0.3 is 10.3 Å². The van der Waals surface area contributed by atoms with Crippen LogP contribution in [0.3, 0.4) is 0 Å². The first-order valence-electron chi connectivity index (χ1n) is 11.5. The molecule has 0 saturated heterocycles. The van der Waals surface area contributed by atoms with Crippen LogP contribution in [0, 0.1) is 13.8 Å². The molecule has 0 fully saturated rings. The van der Waals surface area contributed by atoms with E-state index in [1.165, 1.54) is 63.7 Å². The first kappa shape index (κ1) is 21.3. The van der Waals surface area contributed by atoms with E-state index in [1.54, 1.807) is 0 Å². The highest BCUT2D eigenvalue weighted by Crippen LogP contribution is 2.31. The maximum Gasteiger partial charge on any atom is 0.0498 e. The van der Waals surface area contributed by atoms with Crippen molar-refractivity contribution in [2.24, 2.45) is 0 Å². The second-order valence-corrected chi connectivity index (χ2v) is 8.57. The number of rotatable bonds is 10. The average molecular weight is 412 g/mol. The number of pyridine rings is 1. The van der Waals surface area contributed by atoms with Gasteiger partial charge in [0.2, 0.25) is 0 Å². The summed E-state index contributed by atoms with van der Waals surface area (Å²) in [7, 11) is 0. The largest absolute Gasteiger partial charge is 0.354 e. The van der Waals surface area contributed by atoms with Crippen LogP contribution >= 0.6 is 0 Å². The highest BCUT2D eigenvalue weighted by atomic mass is 14.8. The third-order valence-corrected chi connectivity index (χ3v) is 5.92. The van der Waals surface area contributed by atoms with Crippen LogP contribution in [-0.4, -0.2) is 23.1 Å². The van der Waals surface area contributed by atoms with Crippen molar-refractivity contribution in [2.45, 2.75) is 46.0 Å². The minimum Gasteiger partial charge on any atom is -0.354 e. The van der Waals surface area contributed by atoms with Gasteiger partial charge in [-0.05, 0) is 93.6 Å². The zero-order valence-corrected chi connectivity index (χ0v) is 18.7. The van der Waals surface area contributed by atoms with Crippen molar-refractivity contribution in [3.63, 3.8) is 0 Å². The number of aryl methyl sites for hydroxylation is 3. The number of nitrogens with zero attached hydrogens (tertiary/aromatic N) is 1. The van der Waals surface area contributed by atoms with Crippen LogP contribution in [0.4, 0.5) is 0 Å². The number of hydrogen-bond donors (Lipinski definition) is 2. The van der Waals surface area contributed by atoms with Gasteiger partial charge in [-0.3, -0.25) is 4.98 Å². The number of unbranched alkanes of at least 4 members (excludes halogenated alkanes) is 2. The Balaban J connectivity index is 1.33. The van der Waals surface area contributed by atoms with Crippen molar-refractivity contribution >= 4 is 10.9 Å². The lowest BCUT2D eigenvalue weighted by Gasteiger charge is -2.09. The molecule has 2 heterocycles. The summed E-state index contributed by atoms with van der Waals surface area (Å²) < 4.78 is 0. The lowest BCUT2D eigenvalue weighted by Crippen LogP contribution is -2.18. The topological polar surface area (TPSA) is 40.7 Å². The second kappa shape index (κ2) is 10.4. The molecule has 0 aliphatic heterocycles. The summed E-state index contributed by atoms with van der Waals surface area (Å²) in [5, 5.41) is 5.00. The summed E-state index contributed by atoms with van der Waals surface area (Å²) in [6, 6.07) is 19.7. The fourth-order valence-corrected chi connectivity index (χ4v) is 4.47. The van der Waals surface area contributed by atoms with E-state index in [1.807, 2.05) is 18.5 Å². The molecule has 0 atom stereocenters. The number of hydrogen-bond acceptors (Lipinski definition) is 2. The van der Waals surface area contributed by atoms with Gasteiger partial charge in [-0.15, -0.1) is 0 Å². The van der Waals surface area contributed by atoms with Crippen molar-refractivity contribution < 1.29 is 0 Å². The van der Waals surface area contributed by atoms with Crippen LogP contribution < -0.4 is 5.32 Å². The minimum atomic E-state index is 1.00. The molecule has 3 nitrogen and oxygen atoms in total. The van der Waals surface area contributed by atoms with E-state index < -0.39 is 0 Å². The molecular weight excluding hydrogens is 378 g/mol. The summed E-state index contributed by atoms with van der Waals surface area (Å²) in [5.41, 5.74) is 9.17. The predicted molar refractivity (Wildman–Crippen MR) is 132 cm³/mol. The number of aromatic nitrogens is 2. The Bertz CT molecular complexity index is 1090. The summed E-state index contributed by atoms with van der Waals surface area (Å²) >= 11 is 0. The summed E-state index contributed by atoms with van der Waals surface area (Å²) in [6.45, 7) is 6.43. The third-order valence-electron chi connectivity index (χ3n) is 5.92. The lowest BCUT2D eigenvalue weighted by atomic mass is 9.99. The van der Waals surface area contributed by atoms with Gasteiger partial charge in [0.15, 0.2) is 0 Å². The van der Waals surface area contributed by atoms with Crippen LogP contribution in [0.2, 0.25) is 0 Å². The van der Waals surface area contributed by atoms with Crippen molar-refractivity contribution in [3.05, 3.63) is 89.2 Å². The molecule has 4 aromatic rings. The molecule has 0 radical (unpaired) electrons. The van der Waals surface area contributed by atoms with Gasteiger partial charge in [0.25, 0.3) is 0 Å². The van der Waals surface area contributed by atoms with Gasteiger partial charge >= 0.3 is 0 Å². The highest BCUT2D eigenvalue weighted by Gasteiger charge is 2.13. The molecule has 160 valence electrons. The van der Waals surface area contributed by atoms with Crippen molar-refractivity contribution in [1.29, 1.82) is 0 Å². The van der Waals surface area contributed by atoms with Gasteiger partial charge in [0.1, 0.15) is 0 Å². The SMILES string of the molecule is Cc1cc(C)cc(-c2[nH]c3ccccc3c2CCNCCCCCc2cccnc2)c1. The van der Waals surface area contributed by atoms with Gasteiger partial charge in [-0.2, -0.15) is 0 Å². The van der Waals surface area contributed by atoms with E-state index in [2.05, 4.69) is 77.7 Å². The molecular formula is C28H33N3. The quantitative estimate of drug-likeness (QED) is 0.297. The highest BCUT2D eigenvalue weighted by molar-refractivity contribution is 5.91. The van der Waals surface area contributed by atoms with E-state index >= 15 is 0 Å². The van der Waals surface area contributed by atoms with Crippen molar-refractivity contribution in [1.82, 2.24) is 15.3 Å². The van der Waals surface area contributed by atoms with Gasteiger partial charge in [-0.25, -0.2) is 0 Å². The monoisotopic (exact) mass is 411 g/mol. The molecule has 0 spiro atoms. The van der Waals surface area contributed by atoms with Crippen LogP contribution in [0.1, 0.15) is 41.5 Å². The Morgan fingerprint density at radius 2 is 1.68 bits per heavy atom. The molecule has 2 N–H and O–H groups in total. The Kier molecular flexibility index (Phi) is 7.16. The molecule has 3 heteroatoms. The van der Waals surface area contributed by atoms with E-state index in [0.29, 0.717) is 0 Å². The van der Waals surface area contributed by atoms with Crippen LogP contribution in [0.15, 0.2) is 67.0 Å². The number of aromatic amines is 1. The maximum absolute atomic E-state index is 4.19. The first-order valence-corrected chi connectivity index (χ1v) is 11.5. The molecule has 0 aliphatic carbocycles.